The number of amidine groups is 2. The molecular formula is C26H33CuN7OS2. The Hall–Kier alpha value is -2.85. The molecule has 2 aromatic carbocycles. The fourth-order valence-electron chi connectivity index (χ4n) is 3.29. The zero-order valence-electron chi connectivity index (χ0n) is 21.7. The first-order valence-electron chi connectivity index (χ1n) is 11.9. The monoisotopic (exact) mass is 586 g/mol. The molecule has 0 aliphatic carbocycles. The van der Waals surface area contributed by atoms with E-state index >= 15 is 0 Å². The maximum atomic E-state index is 11.5. The van der Waals surface area contributed by atoms with Gasteiger partial charge in [0, 0.05) is 60.3 Å². The van der Waals surface area contributed by atoms with Gasteiger partial charge in [0.1, 0.15) is 11.4 Å². The molecule has 1 radical (unpaired) electrons. The van der Waals surface area contributed by atoms with Crippen molar-refractivity contribution in [1.29, 1.82) is 0 Å². The molecule has 2 aromatic rings. The zero-order chi connectivity index (χ0) is 26.5. The van der Waals surface area contributed by atoms with Gasteiger partial charge in [0.2, 0.25) is 5.91 Å². The summed E-state index contributed by atoms with van der Waals surface area (Å²) in [6, 6.07) is 16.9. The predicted octanol–water partition coefficient (Wildman–Crippen LogP) is 4.24. The zero-order valence-corrected chi connectivity index (χ0v) is 24.3. The van der Waals surface area contributed by atoms with Crippen molar-refractivity contribution in [2.75, 3.05) is 31.5 Å². The molecule has 1 amide bonds. The van der Waals surface area contributed by atoms with E-state index in [1.165, 1.54) is 6.92 Å². The standard InChI is InChI=1S/C26H35N7OS2.Cu/c1-6-32(7-2)25(35)30-28-23(20-13-11-10-12-14-20)24(29-31-26(36)33(8-3)9-4)21-15-17-22(18-16-21)27-19(5)34;/h10-18H,6-9H2,1-5H3,(H,27,34)(H,30,35)(H,31,36);/q;+2/p-2/b28-23+,29-24+;. The first-order chi connectivity index (χ1) is 17.3. The minimum atomic E-state index is -0.147. The molecule has 0 aliphatic heterocycles. The maximum absolute atomic E-state index is 11.5. The van der Waals surface area contributed by atoms with E-state index in [2.05, 4.69) is 25.7 Å². The van der Waals surface area contributed by atoms with Crippen molar-refractivity contribution in [2.24, 2.45) is 20.4 Å². The van der Waals surface area contributed by atoms with Crippen LogP contribution in [0.5, 0.6) is 0 Å². The Labute approximate surface area is 241 Å². The van der Waals surface area contributed by atoms with Gasteiger partial charge in [-0.05, 0) is 39.8 Å². The van der Waals surface area contributed by atoms with Crippen molar-refractivity contribution in [3.63, 3.8) is 0 Å². The van der Waals surface area contributed by atoms with Gasteiger partial charge >= 0.3 is 17.1 Å². The van der Waals surface area contributed by atoms with Gasteiger partial charge < -0.3 is 40.4 Å². The number of carbonyl (C=O) groups is 1. The molecule has 37 heavy (non-hydrogen) atoms. The van der Waals surface area contributed by atoms with E-state index in [0.29, 0.717) is 27.4 Å². The van der Waals surface area contributed by atoms with Crippen LogP contribution in [0.15, 0.2) is 75.0 Å². The van der Waals surface area contributed by atoms with E-state index < -0.39 is 0 Å². The average molecular weight is 587 g/mol. The first-order valence-corrected chi connectivity index (χ1v) is 12.7. The summed E-state index contributed by atoms with van der Waals surface area (Å²) in [5.41, 5.74) is 3.20. The number of benzene rings is 2. The van der Waals surface area contributed by atoms with Gasteiger partial charge in [-0.3, -0.25) is 4.79 Å². The Balaban J connectivity index is 0.00000684. The van der Waals surface area contributed by atoms with E-state index in [1.807, 2.05) is 80.0 Å². The van der Waals surface area contributed by atoms with Crippen LogP contribution in [0.4, 0.5) is 5.69 Å². The van der Waals surface area contributed by atoms with Crippen LogP contribution in [0, 0.1) is 0 Å². The molecule has 0 bridgehead atoms. The third-order valence-corrected chi connectivity index (χ3v) is 5.97. The number of rotatable bonds is 10. The van der Waals surface area contributed by atoms with Gasteiger partial charge in [-0.15, -0.1) is 10.2 Å². The Kier molecular flexibility index (Phi) is 14.6. The molecular weight excluding hydrogens is 554 g/mol. The van der Waals surface area contributed by atoms with Crippen LogP contribution < -0.4 is 5.32 Å². The molecule has 0 saturated heterocycles. The summed E-state index contributed by atoms with van der Waals surface area (Å²) in [5, 5.41) is 21.4. The van der Waals surface area contributed by atoms with E-state index in [1.54, 1.807) is 12.1 Å². The second-order valence-electron chi connectivity index (χ2n) is 7.63. The molecule has 0 aromatic heterocycles. The number of nitrogens with zero attached hydrogens (tertiary/aromatic N) is 6. The Morgan fingerprint density at radius 2 is 1.11 bits per heavy atom. The van der Waals surface area contributed by atoms with Crippen molar-refractivity contribution in [2.45, 2.75) is 34.6 Å². The number of carbonyl (C=O) groups excluding carboxylic acids is 1. The second-order valence-corrected chi connectivity index (χ2v) is 8.36. The Morgan fingerprint density at radius 1 is 0.703 bits per heavy atom. The minimum Gasteiger partial charge on any atom is -0.741 e. The summed E-state index contributed by atoms with van der Waals surface area (Å²) in [5.74, 6) is -0.147. The normalized spacial score (nSPS) is 12.6. The van der Waals surface area contributed by atoms with Gasteiger partial charge in [-0.1, -0.05) is 42.5 Å². The fraction of sp³-hybridized carbons (Fsp3) is 0.346. The number of hydrogen-bond donors (Lipinski definition) is 1. The maximum Gasteiger partial charge on any atom is 2.00 e. The van der Waals surface area contributed by atoms with Crippen LogP contribution in [0.2, 0.25) is 0 Å². The number of anilines is 1. The van der Waals surface area contributed by atoms with Gasteiger partial charge in [0.15, 0.2) is 0 Å². The van der Waals surface area contributed by atoms with Gasteiger partial charge in [0.25, 0.3) is 0 Å². The van der Waals surface area contributed by atoms with Crippen molar-refractivity contribution in [3.05, 3.63) is 65.7 Å². The molecule has 8 nitrogen and oxygen atoms in total. The summed E-state index contributed by atoms with van der Waals surface area (Å²) in [7, 11) is 0. The molecule has 0 fully saturated rings. The summed E-state index contributed by atoms with van der Waals surface area (Å²) in [6.07, 6.45) is 0. The third-order valence-electron chi connectivity index (χ3n) is 5.29. The van der Waals surface area contributed by atoms with Gasteiger partial charge in [-0.25, -0.2) is 0 Å². The van der Waals surface area contributed by atoms with Crippen LogP contribution in [-0.2, 0) is 47.1 Å². The molecule has 0 aliphatic rings. The summed E-state index contributed by atoms with van der Waals surface area (Å²) >= 11 is 11.0. The smallest absolute Gasteiger partial charge is 0.741 e. The number of nitrogens with one attached hydrogen (secondary N) is 1. The number of amides is 1. The predicted molar refractivity (Wildman–Crippen MR) is 156 cm³/mol. The van der Waals surface area contributed by atoms with Gasteiger partial charge in [-0.2, -0.15) is 10.2 Å². The van der Waals surface area contributed by atoms with Crippen molar-refractivity contribution in [3.8, 4) is 0 Å². The second kappa shape index (κ2) is 16.8. The molecule has 1 N–H and O–H groups in total. The first kappa shape index (κ1) is 32.2. The van der Waals surface area contributed by atoms with Crippen LogP contribution >= 0.6 is 0 Å². The van der Waals surface area contributed by atoms with E-state index in [0.717, 1.165) is 37.3 Å². The quantitative estimate of drug-likeness (QED) is 0.148. The van der Waals surface area contributed by atoms with Gasteiger partial charge in [0.05, 0.1) is 0 Å². The Morgan fingerprint density at radius 3 is 1.49 bits per heavy atom. The fourth-order valence-corrected chi connectivity index (χ4v) is 3.89. The minimum absolute atomic E-state index is 0. The number of hydrogen-bond acceptors (Lipinski definition) is 7. The third kappa shape index (κ3) is 9.85. The van der Waals surface area contributed by atoms with Crippen LogP contribution in [0.1, 0.15) is 45.7 Å². The molecule has 2 rings (SSSR count). The van der Waals surface area contributed by atoms with Crippen molar-refractivity contribution >= 4 is 58.6 Å². The molecule has 0 saturated carbocycles. The molecule has 11 heteroatoms. The summed E-state index contributed by atoms with van der Waals surface area (Å²) in [4.78, 5) is 15.3. The molecule has 0 spiro atoms. The molecule has 0 unspecified atom stereocenters. The average Bonchev–Trinajstić information content (AvgIpc) is 2.88. The molecule has 0 atom stereocenters. The summed E-state index contributed by atoms with van der Waals surface area (Å²) in [6.45, 7) is 12.4. The van der Waals surface area contributed by atoms with Crippen LogP contribution in [-0.4, -0.2) is 63.6 Å². The van der Waals surface area contributed by atoms with E-state index in [4.69, 9.17) is 25.3 Å². The van der Waals surface area contributed by atoms with Crippen LogP contribution in [0.25, 0.3) is 0 Å². The summed E-state index contributed by atoms with van der Waals surface area (Å²) < 4.78 is 0. The molecule has 201 valence electrons. The van der Waals surface area contributed by atoms with Crippen LogP contribution in [0.3, 0.4) is 0 Å². The van der Waals surface area contributed by atoms with Crippen molar-refractivity contribution < 1.29 is 21.9 Å². The largest absolute Gasteiger partial charge is 2.00 e. The molecule has 0 heterocycles. The van der Waals surface area contributed by atoms with Crippen molar-refractivity contribution in [1.82, 2.24) is 9.80 Å². The van der Waals surface area contributed by atoms with E-state index in [9.17, 15) is 4.79 Å². The Bertz CT molecular complexity index is 1110. The topological polar surface area (TPSA) is 85.0 Å². The SMILES string of the molecule is CCN(CC)/C([S-])=N/N=C(/C(=N/N=C(\[S-])N(CC)CC)c1ccc(NC(C)=O)cc1)c1ccccc1.[Cu+2]. The van der Waals surface area contributed by atoms with E-state index in [-0.39, 0.29) is 23.0 Å².